The van der Waals surface area contributed by atoms with E-state index in [-0.39, 0.29) is 228 Å². The molecule has 0 spiro atoms. The maximum Gasteiger partial charge on any atom is 1.00 e. The summed E-state index contributed by atoms with van der Waals surface area (Å²) in [4.78, 5) is 148. The first-order valence-corrected chi connectivity index (χ1v) is 22.7. The molecular weight excluding hydrogens is 1110 g/mol. The van der Waals surface area contributed by atoms with Crippen molar-refractivity contribution in [1.82, 2.24) is 45.8 Å². The molecule has 4 aliphatic heterocycles. The van der Waals surface area contributed by atoms with E-state index in [1.165, 1.54) is 21.7 Å². The van der Waals surface area contributed by atoms with Gasteiger partial charge in [-0.1, -0.05) is 15.9 Å². The number of alkyl halides is 2. The Labute approximate surface area is 517 Å². The van der Waals surface area contributed by atoms with E-state index in [4.69, 9.17) is 26.0 Å². The summed E-state index contributed by atoms with van der Waals surface area (Å²) in [5.41, 5.74) is -0.972. The summed E-state index contributed by atoms with van der Waals surface area (Å²) in [6, 6.07) is -1.03. The van der Waals surface area contributed by atoms with Crippen LogP contribution in [0.1, 0.15) is 63.6 Å². The van der Waals surface area contributed by atoms with Crippen molar-refractivity contribution in [2.75, 3.05) is 97.5 Å². The number of carbonyl (C=O) groups is 13. The van der Waals surface area contributed by atoms with Crippen LogP contribution in [0.4, 0.5) is 28.4 Å². The quantitative estimate of drug-likeness (QED) is 0.0132. The first-order valence-electron chi connectivity index (χ1n) is 21.1. The predicted octanol–water partition coefficient (Wildman–Crippen LogP) is -6.33. The van der Waals surface area contributed by atoms with E-state index < -0.39 is 30.4 Å². The molecule has 5 N–H and O–H groups in total. The number of imide groups is 3. The monoisotopic (exact) mass is 1170 g/mol. The molecule has 0 bridgehead atoms. The average molecular weight is 1170 g/mol. The number of rotatable bonds is 13. The molecule has 0 radical (unpaired) electrons. The molecule has 12 amide bonds. The van der Waals surface area contributed by atoms with Gasteiger partial charge in [0.1, 0.15) is 30.8 Å². The minimum absolute atomic E-state index is 0. The Hall–Kier alpha value is -3.10. The van der Waals surface area contributed by atoms with Gasteiger partial charge in [-0.3, -0.25) is 57.9 Å². The number of halogens is 2. The van der Waals surface area contributed by atoms with Crippen LogP contribution < -0.4 is 129 Å². The Kier molecular flexibility index (Phi) is 45.2. The van der Waals surface area contributed by atoms with E-state index in [1.54, 1.807) is 34.9 Å². The normalized spacial score (nSPS) is 14.7. The third kappa shape index (κ3) is 41.3. The summed E-state index contributed by atoms with van der Waals surface area (Å²) in [5.74, 6) is -2.95. The van der Waals surface area contributed by atoms with Gasteiger partial charge in [0.25, 0.3) is 6.47 Å². The molecule has 0 unspecified atom stereocenters. The van der Waals surface area contributed by atoms with Gasteiger partial charge in [0.2, 0.25) is 23.6 Å². The number of nitrogens with zero attached hydrogens (tertiary/aromatic N) is 5. The number of carboxylic acid groups (broad SMARTS) is 1. The number of amides is 12. The molecule has 28 nitrogen and oxygen atoms in total. The Morgan fingerprint density at radius 1 is 0.792 bits per heavy atom. The largest absolute Gasteiger partial charge is 1.00 e. The van der Waals surface area contributed by atoms with E-state index in [2.05, 4.69) is 46.8 Å². The van der Waals surface area contributed by atoms with Crippen LogP contribution in [0.25, 0.3) is 0 Å². The Morgan fingerprint density at radius 3 is 1.46 bits per heavy atom. The van der Waals surface area contributed by atoms with Gasteiger partial charge in [-0.25, -0.2) is 24.0 Å². The maximum atomic E-state index is 11.5. The predicted molar refractivity (Wildman–Crippen MR) is 246 cm³/mol. The van der Waals surface area contributed by atoms with Crippen molar-refractivity contribution in [3.63, 3.8) is 0 Å². The molecule has 4 aliphatic rings. The van der Waals surface area contributed by atoms with Gasteiger partial charge in [-0.05, 0) is 48.0 Å². The molecule has 33 heteroatoms. The van der Waals surface area contributed by atoms with Gasteiger partial charge in [-0.2, -0.15) is 0 Å². The van der Waals surface area contributed by atoms with Crippen molar-refractivity contribution in [2.24, 2.45) is 0 Å². The SMILES string of the molecule is CC(C)(C)OC(=O)NCCBr.CN1CC(=O)N(CCNC(=O)CSCC(=O)O)C1=O.CN1CC(=O)N(CCNC(=O)OC(C)(C)C)C1=O.CN1CC(=O)NC1=O.O=C1CCCC(=O)O1.O=CO[O-].[2H]CF.[H-].[K+].[K+]. The summed E-state index contributed by atoms with van der Waals surface area (Å²) >= 11 is 4.17. The number of aliphatic carboxylic acids is 1. The maximum absolute atomic E-state index is 11.5. The van der Waals surface area contributed by atoms with Gasteiger partial charge in [0, 0.05) is 72.0 Å². The van der Waals surface area contributed by atoms with Crippen LogP contribution in [0.5, 0.6) is 0 Å². The number of thioether (sulfide) groups is 1. The fourth-order valence-electron chi connectivity index (χ4n) is 4.56. The molecular formula is C39H65BrFK2N9O19S. The second kappa shape index (κ2) is 43.2. The van der Waals surface area contributed by atoms with Crippen LogP contribution >= 0.6 is 27.7 Å². The first kappa shape index (κ1) is 75.4. The summed E-state index contributed by atoms with van der Waals surface area (Å²) in [6.07, 6.45) is 0.515. The van der Waals surface area contributed by atoms with Crippen LogP contribution in [-0.2, 0) is 57.5 Å². The molecule has 72 heavy (non-hydrogen) atoms. The van der Waals surface area contributed by atoms with Gasteiger partial charge >= 0.3 is 151 Å². The number of nitrogens with one attached hydrogen (secondary N) is 4. The van der Waals surface area contributed by atoms with Crippen molar-refractivity contribution in [1.29, 1.82) is 0 Å². The number of alkyl carbamates (subject to hydrolysis) is 2. The van der Waals surface area contributed by atoms with Gasteiger partial charge in [0.15, 0.2) is 0 Å². The molecule has 4 rings (SSSR count). The number of likely N-dealkylation sites (N-methyl/N-ethyl adjacent to an activating group) is 3. The van der Waals surface area contributed by atoms with Crippen LogP contribution in [0.15, 0.2) is 0 Å². The fraction of sp³-hybridized carbons (Fsp3) is 0.667. The van der Waals surface area contributed by atoms with E-state index >= 15 is 0 Å². The van der Waals surface area contributed by atoms with Crippen LogP contribution in [0.3, 0.4) is 0 Å². The van der Waals surface area contributed by atoms with E-state index in [0.717, 1.165) is 26.9 Å². The molecule has 4 fully saturated rings. The molecule has 0 aromatic heterocycles. The van der Waals surface area contributed by atoms with Crippen molar-refractivity contribution in [2.45, 2.75) is 72.0 Å². The average Bonchev–Trinajstić information content (AvgIpc) is 3.78. The summed E-state index contributed by atoms with van der Waals surface area (Å²) in [7, 11) is 3.66. The van der Waals surface area contributed by atoms with Gasteiger partial charge in [-0.15, -0.1) is 11.8 Å². The molecule has 0 atom stereocenters. The van der Waals surface area contributed by atoms with Crippen molar-refractivity contribution < 1.29 is 202 Å². The van der Waals surface area contributed by atoms with E-state index in [0.29, 0.717) is 25.8 Å². The van der Waals surface area contributed by atoms with Gasteiger partial charge in [0.05, 0.1) is 20.0 Å². The van der Waals surface area contributed by atoms with Crippen molar-refractivity contribution in [3.05, 3.63) is 0 Å². The number of cyclic esters (lactones) is 2. The summed E-state index contributed by atoms with van der Waals surface area (Å²) < 4.78 is 29.7. The molecule has 4 saturated heterocycles. The number of hydrogen-bond acceptors (Lipinski definition) is 19. The minimum atomic E-state index is -1.00. The summed E-state index contributed by atoms with van der Waals surface area (Å²) in [5, 5.41) is 27.3. The van der Waals surface area contributed by atoms with Crippen LogP contribution in [0, 0.1) is 0 Å². The zero-order valence-electron chi connectivity index (χ0n) is 44.4. The zero-order valence-corrected chi connectivity index (χ0v) is 51.0. The van der Waals surface area contributed by atoms with Crippen LogP contribution in [0.2, 0.25) is 0 Å². The topological polar surface area (TPSA) is 366 Å². The number of carbonyl (C=O) groups excluding carboxylic acids is 12. The summed E-state index contributed by atoms with van der Waals surface area (Å²) in [6.45, 7) is 12.2. The third-order valence-electron chi connectivity index (χ3n) is 7.35. The number of carboxylic acids is 1. The first-order chi connectivity index (χ1) is 32.9. The van der Waals surface area contributed by atoms with E-state index in [1.807, 2.05) is 20.8 Å². The molecule has 0 saturated carbocycles. The molecule has 0 aromatic carbocycles. The van der Waals surface area contributed by atoms with Crippen LogP contribution in [-0.4, -0.2) is 217 Å². The Bertz CT molecular complexity index is 1810. The molecule has 0 aliphatic carbocycles. The Morgan fingerprint density at radius 2 is 1.19 bits per heavy atom. The van der Waals surface area contributed by atoms with Gasteiger partial charge < -0.3 is 61.5 Å². The molecule has 402 valence electrons. The standard InChI is InChI=1S/C11H19N3O4.C10H15N3O5S.C7H14BrNO2.C5H6O3.C4H6N2O2.CH3F.CH2O3.2K.H/c1-11(2,3)18-9(16)12-5-6-14-8(15)7-13(4)10(14)17;1-12-4-8(15)13(10(12)18)3-2-11-7(14)5-19-6-9(16)17;1-7(2,3)11-6(10)9-5-4-8;6-4-2-1-3-5(7)8-4;1-6-2-3(7)5-4(6)8;1-2;2-1-4-3;;;/h5-7H2,1-4H3,(H,12,16);2-6H2,1H3,(H,11,14)(H,16,17);4-5H2,1-3H3,(H,9,10);1-3H2;2H2,1H3,(H,5,7,8);1H3;1,3H;;;/q;;;;;;;2*+1;-1/p-1/i;;;;;1D;;;;. The number of urea groups is 3. The second-order valence-corrected chi connectivity index (χ2v) is 17.5. The number of hydrogen-bond donors (Lipinski definition) is 5. The minimum Gasteiger partial charge on any atom is -1.00 e. The zero-order chi connectivity index (χ0) is 55.5. The number of esters is 2. The van der Waals surface area contributed by atoms with E-state index in [9.17, 15) is 61.9 Å². The third-order valence-corrected chi connectivity index (χ3v) is 8.66. The second-order valence-electron chi connectivity index (χ2n) is 15.8. The van der Waals surface area contributed by atoms with Crippen molar-refractivity contribution in [3.8, 4) is 0 Å². The Balaban J connectivity index is -0.000000194. The smallest absolute Gasteiger partial charge is 1.00 e. The number of ether oxygens (including phenoxy) is 3. The molecule has 4 heterocycles. The molecule has 0 aromatic rings. The van der Waals surface area contributed by atoms with Crippen molar-refractivity contribution >= 4 is 106 Å². The fourth-order valence-corrected chi connectivity index (χ4v) is 5.32.